The number of carbonyl (C=O) groups is 1. The zero-order valence-corrected chi connectivity index (χ0v) is 16.2. The van der Waals surface area contributed by atoms with E-state index >= 15 is 0 Å². The molecule has 1 heterocycles. The Hall–Kier alpha value is -1.92. The van der Waals surface area contributed by atoms with E-state index in [0.29, 0.717) is 31.8 Å². The molecule has 0 bridgehead atoms. The summed E-state index contributed by atoms with van der Waals surface area (Å²) in [5, 5.41) is 2.97. The first-order valence-corrected chi connectivity index (χ1v) is 9.27. The second-order valence-corrected chi connectivity index (χ2v) is 7.19. The number of nitrogens with one attached hydrogen (secondary N) is 1. The SMILES string of the molecule is Cl.NCC1(CC(=O)NCCc2coc(-c3ccc(F)cc3)n2)CCCCC1. The predicted molar refractivity (Wildman–Crippen MR) is 105 cm³/mol. The van der Waals surface area contributed by atoms with Crippen molar-refractivity contribution in [2.75, 3.05) is 13.1 Å². The van der Waals surface area contributed by atoms with Gasteiger partial charge in [-0.1, -0.05) is 19.3 Å². The maximum absolute atomic E-state index is 13.0. The third-order valence-corrected chi connectivity index (χ3v) is 5.23. The number of carbonyl (C=O) groups excluding carboxylic acids is 1. The van der Waals surface area contributed by atoms with Crippen LogP contribution in [0.25, 0.3) is 11.5 Å². The van der Waals surface area contributed by atoms with E-state index in [1.165, 1.54) is 18.6 Å². The standard InChI is InChI=1S/C20H26FN3O2.ClH/c21-16-6-4-15(5-7-16)19-24-17(13-26-19)8-11-23-18(25)12-20(14-22)9-2-1-3-10-20;/h4-7,13H,1-3,8-12,14,22H2,(H,23,25);1H. The molecular weight excluding hydrogens is 369 g/mol. The number of halogens is 2. The molecule has 1 aromatic heterocycles. The molecule has 27 heavy (non-hydrogen) atoms. The summed E-state index contributed by atoms with van der Waals surface area (Å²) in [5.41, 5.74) is 7.41. The molecule has 1 saturated carbocycles. The van der Waals surface area contributed by atoms with Crippen LogP contribution < -0.4 is 11.1 Å². The average Bonchev–Trinajstić information content (AvgIpc) is 3.12. The minimum atomic E-state index is -0.295. The lowest BCUT2D eigenvalue weighted by molar-refractivity contribution is -0.123. The first-order valence-electron chi connectivity index (χ1n) is 9.27. The Kier molecular flexibility index (Phi) is 7.80. The number of nitrogens with two attached hydrogens (primary N) is 1. The number of oxazole rings is 1. The molecule has 5 nitrogen and oxygen atoms in total. The molecule has 3 rings (SSSR count). The van der Waals surface area contributed by atoms with Crippen molar-refractivity contribution in [1.82, 2.24) is 10.3 Å². The second kappa shape index (κ2) is 9.85. The lowest BCUT2D eigenvalue weighted by Crippen LogP contribution is -2.39. The van der Waals surface area contributed by atoms with Crippen LogP contribution in [0.5, 0.6) is 0 Å². The van der Waals surface area contributed by atoms with Crippen LogP contribution in [0.1, 0.15) is 44.2 Å². The molecule has 0 atom stereocenters. The zero-order chi connectivity index (χ0) is 18.4. The Bertz CT molecular complexity index is 727. The molecule has 148 valence electrons. The van der Waals surface area contributed by atoms with E-state index in [1.54, 1.807) is 18.4 Å². The summed E-state index contributed by atoms with van der Waals surface area (Å²) in [6.07, 6.45) is 8.32. The fourth-order valence-electron chi connectivity index (χ4n) is 3.63. The van der Waals surface area contributed by atoms with Crippen LogP contribution in [0.15, 0.2) is 34.9 Å². The van der Waals surface area contributed by atoms with Crippen LogP contribution in [0, 0.1) is 11.2 Å². The lowest BCUT2D eigenvalue weighted by Gasteiger charge is -2.35. The lowest BCUT2D eigenvalue weighted by atomic mass is 9.71. The Morgan fingerprint density at radius 2 is 1.93 bits per heavy atom. The fourth-order valence-corrected chi connectivity index (χ4v) is 3.63. The number of amides is 1. The summed E-state index contributed by atoms with van der Waals surface area (Å²) in [4.78, 5) is 16.7. The largest absolute Gasteiger partial charge is 0.444 e. The molecule has 0 aliphatic heterocycles. The van der Waals surface area contributed by atoms with Crippen LogP contribution in [-0.4, -0.2) is 24.0 Å². The first-order chi connectivity index (χ1) is 12.6. The van der Waals surface area contributed by atoms with Crippen LogP contribution in [0.4, 0.5) is 4.39 Å². The molecule has 7 heteroatoms. The molecule has 0 saturated heterocycles. The van der Waals surface area contributed by atoms with Gasteiger partial charge in [-0.15, -0.1) is 12.4 Å². The number of aromatic nitrogens is 1. The maximum atomic E-state index is 13.0. The van der Waals surface area contributed by atoms with Crippen molar-refractivity contribution in [3.05, 3.63) is 42.0 Å². The molecule has 1 aliphatic rings. The number of rotatable bonds is 7. The van der Waals surface area contributed by atoms with Gasteiger partial charge in [0.2, 0.25) is 11.8 Å². The monoisotopic (exact) mass is 395 g/mol. The quantitative estimate of drug-likeness (QED) is 0.745. The molecule has 0 radical (unpaired) electrons. The summed E-state index contributed by atoms with van der Waals surface area (Å²) in [6.45, 7) is 1.08. The molecule has 0 unspecified atom stereocenters. The summed E-state index contributed by atoms with van der Waals surface area (Å²) < 4.78 is 18.4. The van der Waals surface area contributed by atoms with Gasteiger partial charge >= 0.3 is 0 Å². The Morgan fingerprint density at radius 1 is 1.22 bits per heavy atom. The van der Waals surface area contributed by atoms with E-state index in [2.05, 4.69) is 10.3 Å². The van der Waals surface area contributed by atoms with Crippen LogP contribution in [-0.2, 0) is 11.2 Å². The highest BCUT2D eigenvalue weighted by Gasteiger charge is 2.32. The molecule has 1 amide bonds. The van der Waals surface area contributed by atoms with Crippen LogP contribution in [0.2, 0.25) is 0 Å². The Morgan fingerprint density at radius 3 is 2.59 bits per heavy atom. The van der Waals surface area contributed by atoms with E-state index in [-0.39, 0.29) is 29.5 Å². The third-order valence-electron chi connectivity index (χ3n) is 5.23. The van der Waals surface area contributed by atoms with Crippen molar-refractivity contribution < 1.29 is 13.6 Å². The van der Waals surface area contributed by atoms with E-state index in [1.807, 2.05) is 0 Å². The van der Waals surface area contributed by atoms with Gasteiger partial charge in [-0.2, -0.15) is 0 Å². The van der Waals surface area contributed by atoms with Crippen molar-refractivity contribution in [3.63, 3.8) is 0 Å². The van der Waals surface area contributed by atoms with E-state index in [4.69, 9.17) is 10.2 Å². The van der Waals surface area contributed by atoms with Crippen molar-refractivity contribution >= 4 is 18.3 Å². The summed E-state index contributed by atoms with van der Waals surface area (Å²) in [5.74, 6) is 0.215. The molecule has 1 fully saturated rings. The van der Waals surface area contributed by atoms with E-state index < -0.39 is 0 Å². The Balaban J connectivity index is 0.00000261. The number of benzene rings is 1. The number of hydrogen-bond donors (Lipinski definition) is 2. The normalized spacial score (nSPS) is 15.8. The van der Waals surface area contributed by atoms with Gasteiger partial charge in [0.15, 0.2) is 0 Å². The number of nitrogens with zero attached hydrogens (tertiary/aromatic N) is 1. The summed E-state index contributed by atoms with van der Waals surface area (Å²) in [6, 6.07) is 6.00. The highest BCUT2D eigenvalue weighted by molar-refractivity contribution is 5.85. The highest BCUT2D eigenvalue weighted by Crippen LogP contribution is 2.38. The van der Waals surface area contributed by atoms with Gasteiger partial charge in [-0.05, 0) is 49.1 Å². The average molecular weight is 396 g/mol. The van der Waals surface area contributed by atoms with E-state index in [0.717, 1.165) is 36.9 Å². The molecule has 1 aliphatic carbocycles. The first kappa shape index (κ1) is 21.4. The Labute approximate surface area is 165 Å². The third kappa shape index (κ3) is 5.78. The maximum Gasteiger partial charge on any atom is 0.226 e. The van der Waals surface area contributed by atoms with E-state index in [9.17, 15) is 9.18 Å². The zero-order valence-electron chi connectivity index (χ0n) is 15.4. The fraction of sp³-hybridized carbons (Fsp3) is 0.500. The predicted octanol–water partition coefficient (Wildman–Crippen LogP) is 3.86. The van der Waals surface area contributed by atoms with Crippen molar-refractivity contribution in [3.8, 4) is 11.5 Å². The highest BCUT2D eigenvalue weighted by atomic mass is 35.5. The van der Waals surface area contributed by atoms with Crippen molar-refractivity contribution in [2.45, 2.75) is 44.9 Å². The molecule has 3 N–H and O–H groups in total. The topological polar surface area (TPSA) is 81.2 Å². The van der Waals surface area contributed by atoms with Crippen LogP contribution >= 0.6 is 12.4 Å². The van der Waals surface area contributed by atoms with Gasteiger partial charge in [0.05, 0.1) is 5.69 Å². The van der Waals surface area contributed by atoms with Gasteiger partial charge in [-0.3, -0.25) is 4.79 Å². The smallest absolute Gasteiger partial charge is 0.226 e. The minimum absolute atomic E-state index is 0. The summed E-state index contributed by atoms with van der Waals surface area (Å²) in [7, 11) is 0. The van der Waals surface area contributed by atoms with Gasteiger partial charge in [0.1, 0.15) is 12.1 Å². The van der Waals surface area contributed by atoms with Gasteiger partial charge in [0, 0.05) is 24.9 Å². The van der Waals surface area contributed by atoms with Gasteiger partial charge < -0.3 is 15.5 Å². The second-order valence-electron chi connectivity index (χ2n) is 7.19. The number of hydrogen-bond acceptors (Lipinski definition) is 4. The van der Waals surface area contributed by atoms with Gasteiger partial charge in [-0.25, -0.2) is 9.37 Å². The molecule has 2 aromatic rings. The van der Waals surface area contributed by atoms with Gasteiger partial charge in [0.25, 0.3) is 0 Å². The minimum Gasteiger partial charge on any atom is -0.444 e. The van der Waals surface area contributed by atoms with Crippen LogP contribution in [0.3, 0.4) is 0 Å². The molecular formula is C20H27ClFN3O2. The van der Waals surface area contributed by atoms with Crippen molar-refractivity contribution in [1.29, 1.82) is 0 Å². The summed E-state index contributed by atoms with van der Waals surface area (Å²) >= 11 is 0. The molecule has 1 aromatic carbocycles. The van der Waals surface area contributed by atoms with Crippen molar-refractivity contribution in [2.24, 2.45) is 11.1 Å². The molecule has 0 spiro atoms.